The molecule has 4 rings (SSSR count). The second-order valence-corrected chi connectivity index (χ2v) is 8.61. The van der Waals surface area contributed by atoms with E-state index in [0.29, 0.717) is 30.5 Å². The quantitative estimate of drug-likeness (QED) is 0.753. The van der Waals surface area contributed by atoms with E-state index in [2.05, 4.69) is 14.9 Å². The summed E-state index contributed by atoms with van der Waals surface area (Å²) >= 11 is 0. The number of methoxy groups -OCH3 is 1. The van der Waals surface area contributed by atoms with Crippen molar-refractivity contribution in [3.63, 3.8) is 0 Å². The highest BCUT2D eigenvalue weighted by Crippen LogP contribution is 2.43. The van der Waals surface area contributed by atoms with Crippen molar-refractivity contribution >= 4 is 10.0 Å². The standard InChI is InChI=1S/C17H22N4O4S/c1-25-14-3-2-4-15(9-14)26(23,24)20-12-7-11(8-12)17-19-18-16(10-22)21(17)13-5-6-13/h2-4,9,11-13,20,22H,5-8,10H2,1H3. The molecule has 2 N–H and O–H groups in total. The van der Waals surface area contributed by atoms with Gasteiger partial charge in [0.05, 0.1) is 12.0 Å². The Balaban J connectivity index is 1.43. The lowest BCUT2D eigenvalue weighted by molar-refractivity contribution is 0.261. The van der Waals surface area contributed by atoms with Gasteiger partial charge in [0.2, 0.25) is 10.0 Å². The summed E-state index contributed by atoms with van der Waals surface area (Å²) < 4.78 is 35.0. The molecule has 9 heteroatoms. The molecule has 2 aromatic rings. The molecular weight excluding hydrogens is 356 g/mol. The first-order valence-electron chi connectivity index (χ1n) is 8.72. The molecule has 8 nitrogen and oxygen atoms in total. The van der Waals surface area contributed by atoms with Gasteiger partial charge >= 0.3 is 0 Å². The van der Waals surface area contributed by atoms with Crippen LogP contribution in [-0.2, 0) is 16.6 Å². The maximum atomic E-state index is 12.5. The third-order valence-electron chi connectivity index (χ3n) is 5.02. The molecule has 140 valence electrons. The SMILES string of the molecule is COc1cccc(S(=O)(=O)NC2CC(c3nnc(CO)n3C3CC3)C2)c1. The zero-order chi connectivity index (χ0) is 18.3. The Morgan fingerprint density at radius 1 is 1.31 bits per heavy atom. The summed E-state index contributed by atoms with van der Waals surface area (Å²) in [5.74, 6) is 2.14. The molecule has 0 saturated heterocycles. The van der Waals surface area contributed by atoms with E-state index >= 15 is 0 Å². The number of ether oxygens (including phenoxy) is 1. The highest BCUT2D eigenvalue weighted by Gasteiger charge is 2.39. The number of aliphatic hydroxyl groups is 1. The van der Waals surface area contributed by atoms with Gasteiger partial charge in [0.25, 0.3) is 0 Å². The minimum absolute atomic E-state index is 0.123. The van der Waals surface area contributed by atoms with Gasteiger partial charge in [-0.15, -0.1) is 10.2 Å². The summed E-state index contributed by atoms with van der Waals surface area (Å²) in [4.78, 5) is 0.198. The summed E-state index contributed by atoms with van der Waals surface area (Å²) in [5.41, 5.74) is 0. The van der Waals surface area contributed by atoms with Crippen molar-refractivity contribution < 1.29 is 18.3 Å². The zero-order valence-electron chi connectivity index (χ0n) is 14.5. The van der Waals surface area contributed by atoms with Gasteiger partial charge in [0.1, 0.15) is 18.2 Å². The third kappa shape index (κ3) is 3.22. The number of hydrogen-bond acceptors (Lipinski definition) is 6. The van der Waals surface area contributed by atoms with Gasteiger partial charge in [-0.1, -0.05) is 6.07 Å². The Hall–Kier alpha value is -1.97. The van der Waals surface area contributed by atoms with Crippen molar-refractivity contribution in [2.45, 2.75) is 55.2 Å². The molecule has 26 heavy (non-hydrogen) atoms. The first-order valence-corrected chi connectivity index (χ1v) is 10.2. The van der Waals surface area contributed by atoms with Crippen LogP contribution in [0.3, 0.4) is 0 Å². The summed E-state index contributed by atoms with van der Waals surface area (Å²) in [6, 6.07) is 6.69. The van der Waals surface area contributed by atoms with Crippen molar-refractivity contribution in [2.24, 2.45) is 0 Å². The van der Waals surface area contributed by atoms with Crippen LogP contribution < -0.4 is 9.46 Å². The second-order valence-electron chi connectivity index (χ2n) is 6.90. The number of benzene rings is 1. The predicted molar refractivity (Wildman–Crippen MR) is 93.3 cm³/mol. The number of nitrogens with one attached hydrogen (secondary N) is 1. The molecule has 1 aromatic carbocycles. The molecule has 2 fully saturated rings. The van der Waals surface area contributed by atoms with Crippen LogP contribution in [0.1, 0.15) is 49.3 Å². The first kappa shape index (κ1) is 17.4. The first-order chi connectivity index (χ1) is 12.5. The lowest BCUT2D eigenvalue weighted by Crippen LogP contribution is -2.44. The average molecular weight is 378 g/mol. The van der Waals surface area contributed by atoms with Crippen LogP contribution in [0.4, 0.5) is 0 Å². The molecule has 0 atom stereocenters. The monoisotopic (exact) mass is 378 g/mol. The van der Waals surface area contributed by atoms with Gasteiger partial charge in [-0.05, 0) is 37.8 Å². The van der Waals surface area contributed by atoms with Crippen molar-refractivity contribution in [1.82, 2.24) is 19.5 Å². The molecule has 0 bridgehead atoms. The molecule has 1 heterocycles. The highest BCUT2D eigenvalue weighted by atomic mass is 32.2. The molecule has 0 amide bonds. The number of hydrogen-bond donors (Lipinski definition) is 2. The predicted octanol–water partition coefficient (Wildman–Crippen LogP) is 1.34. The third-order valence-corrected chi connectivity index (χ3v) is 6.54. The molecule has 1 aromatic heterocycles. The highest BCUT2D eigenvalue weighted by molar-refractivity contribution is 7.89. The number of rotatable bonds is 7. The van der Waals surface area contributed by atoms with Gasteiger partial charge in [-0.3, -0.25) is 0 Å². The van der Waals surface area contributed by atoms with Crippen molar-refractivity contribution in [3.05, 3.63) is 35.9 Å². The molecule has 2 aliphatic rings. The van der Waals surface area contributed by atoms with Crippen molar-refractivity contribution in [3.8, 4) is 5.75 Å². The lowest BCUT2D eigenvalue weighted by atomic mass is 9.80. The maximum Gasteiger partial charge on any atom is 0.240 e. The van der Waals surface area contributed by atoms with Gasteiger partial charge in [0.15, 0.2) is 5.82 Å². The fraction of sp³-hybridized carbons (Fsp3) is 0.529. The van der Waals surface area contributed by atoms with Crippen LogP contribution in [0.15, 0.2) is 29.2 Å². The summed E-state index contributed by atoms with van der Waals surface area (Å²) in [6.07, 6.45) is 3.52. The van der Waals surface area contributed by atoms with E-state index in [-0.39, 0.29) is 23.5 Å². The van der Waals surface area contributed by atoms with Gasteiger partial charge in [-0.2, -0.15) is 0 Å². The molecular formula is C17H22N4O4S. The lowest BCUT2D eigenvalue weighted by Gasteiger charge is -2.35. The minimum atomic E-state index is -3.58. The minimum Gasteiger partial charge on any atom is -0.497 e. The van der Waals surface area contributed by atoms with Gasteiger partial charge < -0.3 is 14.4 Å². The number of sulfonamides is 1. The second kappa shape index (κ2) is 6.64. The zero-order valence-corrected chi connectivity index (χ0v) is 15.3. The van der Waals surface area contributed by atoms with E-state index in [1.807, 2.05) is 4.57 Å². The Morgan fingerprint density at radius 2 is 2.08 bits per heavy atom. The molecule has 0 radical (unpaired) electrons. The summed E-state index contributed by atoms with van der Waals surface area (Å²) in [6.45, 7) is -0.123. The largest absolute Gasteiger partial charge is 0.497 e. The summed E-state index contributed by atoms with van der Waals surface area (Å²) in [5, 5.41) is 17.7. The van der Waals surface area contributed by atoms with Crippen LogP contribution in [0.25, 0.3) is 0 Å². The van der Waals surface area contributed by atoms with Crippen LogP contribution in [0.5, 0.6) is 5.75 Å². The fourth-order valence-corrected chi connectivity index (χ4v) is 4.73. The van der Waals surface area contributed by atoms with Crippen molar-refractivity contribution in [1.29, 1.82) is 0 Å². The van der Waals surface area contributed by atoms with E-state index in [1.54, 1.807) is 18.2 Å². The molecule has 2 aliphatic carbocycles. The molecule has 0 spiro atoms. The summed E-state index contributed by atoms with van der Waals surface area (Å²) in [7, 11) is -2.08. The van der Waals surface area contributed by atoms with E-state index in [4.69, 9.17) is 4.74 Å². The van der Waals surface area contributed by atoms with E-state index < -0.39 is 10.0 Å². The Labute approximate surface area is 152 Å². The van der Waals surface area contributed by atoms with E-state index in [0.717, 1.165) is 18.7 Å². The molecule has 0 aliphatic heterocycles. The fourth-order valence-electron chi connectivity index (χ4n) is 3.43. The molecule has 2 saturated carbocycles. The van der Waals surface area contributed by atoms with Crippen molar-refractivity contribution in [2.75, 3.05) is 7.11 Å². The normalized spacial score (nSPS) is 22.8. The van der Waals surface area contributed by atoms with Crippen LogP contribution in [-0.4, -0.2) is 41.4 Å². The maximum absolute atomic E-state index is 12.5. The van der Waals surface area contributed by atoms with E-state index in [9.17, 15) is 13.5 Å². The van der Waals surface area contributed by atoms with Crippen LogP contribution >= 0.6 is 0 Å². The number of nitrogens with zero attached hydrogens (tertiary/aromatic N) is 3. The Kier molecular flexibility index (Phi) is 4.45. The van der Waals surface area contributed by atoms with Crippen LogP contribution in [0.2, 0.25) is 0 Å². The average Bonchev–Trinajstić information content (AvgIpc) is 3.37. The van der Waals surface area contributed by atoms with Crippen LogP contribution in [0, 0.1) is 0 Å². The number of aliphatic hydroxyl groups excluding tert-OH is 1. The molecule has 0 unspecified atom stereocenters. The van der Waals surface area contributed by atoms with Gasteiger partial charge in [0, 0.05) is 24.1 Å². The Bertz CT molecular complexity index is 901. The Morgan fingerprint density at radius 3 is 2.73 bits per heavy atom. The smallest absolute Gasteiger partial charge is 0.240 e. The number of aromatic nitrogens is 3. The van der Waals surface area contributed by atoms with Gasteiger partial charge in [-0.25, -0.2) is 13.1 Å². The topological polar surface area (TPSA) is 106 Å². The van der Waals surface area contributed by atoms with E-state index in [1.165, 1.54) is 13.2 Å².